The number of aliphatic hydroxyl groups is 2. The van der Waals surface area contributed by atoms with Crippen LogP contribution in [0, 0.1) is 34.0 Å². The van der Waals surface area contributed by atoms with Crippen molar-refractivity contribution in [2.45, 2.75) is 123 Å². The molecule has 1 aliphatic heterocycles. The molecule has 0 aromatic carbocycles. The fourth-order valence-electron chi connectivity index (χ4n) is 9.18. The number of carboxylic acids is 3. The lowest BCUT2D eigenvalue weighted by molar-refractivity contribution is -0.265. The van der Waals surface area contributed by atoms with Gasteiger partial charge in [0.05, 0.1) is 23.5 Å². The number of rotatable bonds is 8. The zero-order valence-corrected chi connectivity index (χ0v) is 30.9. The van der Waals surface area contributed by atoms with Gasteiger partial charge >= 0.3 is 29.5 Å². The van der Waals surface area contributed by atoms with E-state index in [9.17, 15) is 39.3 Å². The summed E-state index contributed by atoms with van der Waals surface area (Å²) >= 11 is 0. The number of aromatic nitrogens is 1. The van der Waals surface area contributed by atoms with E-state index in [1.165, 1.54) is 0 Å². The molecule has 0 amide bonds. The molecular formula is C39H51NO13. The maximum atomic E-state index is 13.4. The molecular weight excluding hydrogens is 690 g/mol. The van der Waals surface area contributed by atoms with E-state index in [0.717, 1.165) is 12.8 Å². The number of carbonyl (C=O) groups is 4. The van der Waals surface area contributed by atoms with Crippen LogP contribution >= 0.6 is 0 Å². The summed E-state index contributed by atoms with van der Waals surface area (Å²) in [5.41, 5.74) is -3.76. The topological polar surface area (TPSA) is 231 Å². The smallest absolute Gasteiger partial charge is 0.345 e. The number of aliphatic carboxylic acids is 3. The van der Waals surface area contributed by atoms with Gasteiger partial charge in [0.15, 0.2) is 0 Å². The fourth-order valence-corrected chi connectivity index (χ4v) is 9.18. The molecule has 4 saturated carbocycles. The number of ether oxygens (including phenoxy) is 2. The molecule has 0 saturated heterocycles. The van der Waals surface area contributed by atoms with Crippen LogP contribution in [0.5, 0.6) is 5.75 Å². The molecule has 7 rings (SSSR count). The summed E-state index contributed by atoms with van der Waals surface area (Å²) < 4.78 is 18.3. The van der Waals surface area contributed by atoms with Crippen molar-refractivity contribution < 1.29 is 58.6 Å². The first-order chi connectivity index (χ1) is 24.9. The van der Waals surface area contributed by atoms with E-state index in [1.807, 2.05) is 13.8 Å². The van der Waals surface area contributed by atoms with Crippen molar-refractivity contribution in [2.75, 3.05) is 0 Å². The molecule has 290 valence electrons. The average Bonchev–Trinajstić information content (AvgIpc) is 4.04. The number of hydrogen-bond donors (Lipinski definition) is 5. The van der Waals surface area contributed by atoms with Gasteiger partial charge in [-0.25, -0.2) is 4.79 Å². The van der Waals surface area contributed by atoms with Crippen LogP contribution in [0.1, 0.15) is 110 Å². The van der Waals surface area contributed by atoms with Crippen LogP contribution in [-0.2, 0) is 23.9 Å². The van der Waals surface area contributed by atoms with E-state index >= 15 is 0 Å². The van der Waals surface area contributed by atoms with Gasteiger partial charge in [0, 0.05) is 48.2 Å². The van der Waals surface area contributed by atoms with E-state index in [2.05, 4.69) is 4.98 Å². The highest BCUT2D eigenvalue weighted by atomic mass is 16.5. The summed E-state index contributed by atoms with van der Waals surface area (Å²) in [5.74, 6) is -3.31. The monoisotopic (exact) mass is 741 g/mol. The Morgan fingerprint density at radius 1 is 0.962 bits per heavy atom. The number of hydrogen-bond acceptors (Lipinski definition) is 11. The molecule has 0 unspecified atom stereocenters. The average molecular weight is 742 g/mol. The molecule has 0 radical (unpaired) electrons. The lowest BCUT2D eigenvalue weighted by atomic mass is 9.41. The molecule has 14 heteroatoms. The van der Waals surface area contributed by atoms with Gasteiger partial charge < -0.3 is 39.4 Å². The molecule has 5 aliphatic rings. The highest BCUT2D eigenvalue weighted by molar-refractivity contribution is 5.78. The largest absolute Gasteiger partial charge is 0.484 e. The number of carbonyl (C=O) groups excluding carboxylic acids is 1. The Balaban J connectivity index is 0.000000481. The van der Waals surface area contributed by atoms with E-state index in [0.29, 0.717) is 37.7 Å². The quantitative estimate of drug-likeness (QED) is 0.218. The second-order valence-corrected chi connectivity index (χ2v) is 15.9. The Morgan fingerprint density at radius 3 is 2.09 bits per heavy atom. The number of nitrogens with zero attached hydrogens (tertiary/aromatic N) is 1. The van der Waals surface area contributed by atoms with Gasteiger partial charge in [-0.3, -0.25) is 24.2 Å². The summed E-state index contributed by atoms with van der Waals surface area (Å²) in [5, 5.41) is 49.5. The van der Waals surface area contributed by atoms with Gasteiger partial charge in [0.2, 0.25) is 0 Å². The molecule has 53 heavy (non-hydrogen) atoms. The first-order valence-electron chi connectivity index (χ1n) is 18.4. The molecule has 4 aliphatic carbocycles. The van der Waals surface area contributed by atoms with Crippen molar-refractivity contribution in [1.29, 1.82) is 0 Å². The van der Waals surface area contributed by atoms with Crippen LogP contribution in [0.3, 0.4) is 0 Å². The fraction of sp³-hybridized carbons (Fsp3) is 0.641. The first-order valence-corrected chi connectivity index (χ1v) is 18.4. The van der Waals surface area contributed by atoms with Crippen LogP contribution < -0.4 is 10.4 Å². The maximum Gasteiger partial charge on any atom is 0.345 e. The van der Waals surface area contributed by atoms with Crippen LogP contribution in [-0.4, -0.2) is 72.2 Å². The summed E-state index contributed by atoms with van der Waals surface area (Å²) in [4.78, 5) is 61.6. The molecule has 4 fully saturated rings. The summed E-state index contributed by atoms with van der Waals surface area (Å²) in [6.45, 7) is 9.03. The standard InChI is InChI=1S/C33H39NO9.2C3H6O2/c1-30-9-8-23(42-27(37)17-6-7-17)31(2,16-33(10-11-33)29(39)40)21(30)14-22(35)32(3)26(30)25(36)24-20(43-32)13-19(41-28(24)38)18-5-4-12-34-15-18;2*1-2-3(4)5/h4-5,12-13,15,17,21-23,25-26,35-36H,6-11,14,16H2,1-3H3,(H,39,40);2*2H2,1H3,(H,4,5)/t21-,22+,23+,25+,26-,30+,31-,32-;;/m1../s1. The van der Waals surface area contributed by atoms with E-state index in [4.69, 9.17) is 24.1 Å². The third-order valence-electron chi connectivity index (χ3n) is 12.4. The Labute approximate surface area is 307 Å². The Bertz CT molecular complexity index is 1750. The number of aliphatic hydroxyl groups excluding tert-OH is 2. The highest BCUT2D eigenvalue weighted by Crippen LogP contribution is 2.70. The van der Waals surface area contributed by atoms with Crippen molar-refractivity contribution >= 4 is 23.9 Å². The molecule has 0 bridgehead atoms. The minimum atomic E-state index is -1.31. The first kappa shape index (κ1) is 39.9. The molecule has 0 spiro atoms. The summed E-state index contributed by atoms with van der Waals surface area (Å²) in [7, 11) is 0. The second kappa shape index (κ2) is 14.8. The molecule has 3 heterocycles. The van der Waals surface area contributed by atoms with Crippen molar-refractivity contribution in [2.24, 2.45) is 34.0 Å². The van der Waals surface area contributed by atoms with Crippen LogP contribution in [0.25, 0.3) is 11.3 Å². The number of carboxylic acid groups (broad SMARTS) is 3. The second-order valence-electron chi connectivity index (χ2n) is 15.9. The van der Waals surface area contributed by atoms with Gasteiger partial charge in [-0.15, -0.1) is 0 Å². The third kappa shape index (κ3) is 7.57. The summed E-state index contributed by atoms with van der Waals surface area (Å²) in [6, 6.07) is 5.04. The predicted molar refractivity (Wildman–Crippen MR) is 188 cm³/mol. The molecule has 14 nitrogen and oxygen atoms in total. The maximum absolute atomic E-state index is 13.4. The number of fused-ring (bicyclic) bond motifs is 4. The Kier molecular flexibility index (Phi) is 11.2. The Morgan fingerprint density at radius 2 is 1.58 bits per heavy atom. The van der Waals surface area contributed by atoms with Gasteiger partial charge in [-0.05, 0) is 81.8 Å². The molecule has 5 N–H and O–H groups in total. The van der Waals surface area contributed by atoms with Crippen molar-refractivity contribution in [3.8, 4) is 17.1 Å². The molecule has 2 aromatic rings. The zero-order chi connectivity index (χ0) is 39.1. The predicted octanol–water partition coefficient (Wildman–Crippen LogP) is 5.23. The number of esters is 1. The van der Waals surface area contributed by atoms with E-state index in [-0.39, 0.29) is 54.1 Å². The van der Waals surface area contributed by atoms with Crippen molar-refractivity contribution in [1.82, 2.24) is 4.98 Å². The van der Waals surface area contributed by atoms with Crippen molar-refractivity contribution in [3.05, 3.63) is 46.6 Å². The van der Waals surface area contributed by atoms with E-state index < -0.39 is 69.6 Å². The lowest BCUT2D eigenvalue weighted by Crippen LogP contribution is -2.70. The van der Waals surface area contributed by atoms with Gasteiger partial charge in [-0.1, -0.05) is 27.7 Å². The summed E-state index contributed by atoms with van der Waals surface area (Å²) in [6.07, 6.45) is 5.04. The minimum absolute atomic E-state index is 0.0115. The van der Waals surface area contributed by atoms with Crippen molar-refractivity contribution in [3.63, 3.8) is 0 Å². The normalized spacial score (nSPS) is 33.0. The van der Waals surface area contributed by atoms with Crippen LogP contribution in [0.4, 0.5) is 0 Å². The van der Waals surface area contributed by atoms with Gasteiger partial charge in [-0.2, -0.15) is 0 Å². The Hall–Kier alpha value is -4.30. The lowest BCUT2D eigenvalue weighted by Gasteiger charge is -2.66. The van der Waals surface area contributed by atoms with E-state index in [1.54, 1.807) is 51.4 Å². The SMILES string of the molecule is CCC(=O)O.CCC(=O)O.C[C@]12CC[C@H](OC(=O)C3CC3)[C@](C)(CC3(C(=O)O)CC3)[C@@H]1C[C@H](O)[C@@]1(C)Oc3cc(-c4cccnc4)oc(=O)c3[C@H](O)[C@H]21. The van der Waals surface area contributed by atoms with Crippen LogP contribution in [0.15, 0.2) is 39.8 Å². The highest BCUT2D eigenvalue weighted by Gasteiger charge is 2.71. The zero-order valence-electron chi connectivity index (χ0n) is 30.9. The number of pyridine rings is 1. The van der Waals surface area contributed by atoms with Gasteiger partial charge in [0.25, 0.3) is 0 Å². The molecule has 2 aromatic heterocycles. The van der Waals surface area contributed by atoms with Gasteiger partial charge in [0.1, 0.15) is 28.8 Å². The minimum Gasteiger partial charge on any atom is -0.484 e. The van der Waals surface area contributed by atoms with Crippen LogP contribution in [0.2, 0.25) is 0 Å². The third-order valence-corrected chi connectivity index (χ3v) is 12.4. The molecule has 8 atom stereocenters.